The zero-order valence-electron chi connectivity index (χ0n) is 16.7. The maximum atomic E-state index is 13.4. The predicted octanol–water partition coefficient (Wildman–Crippen LogP) is 4.30. The van der Waals surface area contributed by atoms with Crippen molar-refractivity contribution in [2.24, 2.45) is 0 Å². The summed E-state index contributed by atoms with van der Waals surface area (Å²) in [6.07, 6.45) is 1.65. The quantitative estimate of drug-likeness (QED) is 0.392. The molecular formula is C25H19NO5. The topological polar surface area (TPSA) is 83.9 Å². The second-order valence-corrected chi connectivity index (χ2v) is 6.91. The number of carbonyl (C=O) groups excluding carboxylic acids is 3. The summed E-state index contributed by atoms with van der Waals surface area (Å²) in [7, 11) is 0. The van der Waals surface area contributed by atoms with Gasteiger partial charge >= 0.3 is 5.97 Å². The highest BCUT2D eigenvalue weighted by atomic mass is 16.5. The third-order valence-corrected chi connectivity index (χ3v) is 4.90. The number of esters is 1. The highest BCUT2D eigenvalue weighted by Crippen LogP contribution is 2.33. The standard InChI is InChI=1S/C25H19NO5/c1-2-31-25(30)17-10-12-18(13-11-17)26-23(28)21-9-4-3-8-20(21)22(24(26)29)15-16-6-5-7-19(27)14-16/h3-15,27H,2H2,1H3/b22-15-. The maximum Gasteiger partial charge on any atom is 0.338 e. The first-order chi connectivity index (χ1) is 15.0. The minimum absolute atomic E-state index is 0.0772. The van der Waals surface area contributed by atoms with E-state index >= 15 is 0 Å². The van der Waals surface area contributed by atoms with Gasteiger partial charge < -0.3 is 9.84 Å². The second-order valence-electron chi connectivity index (χ2n) is 6.91. The van der Waals surface area contributed by atoms with Crippen molar-refractivity contribution in [3.05, 3.63) is 95.1 Å². The lowest BCUT2D eigenvalue weighted by Gasteiger charge is -2.28. The lowest BCUT2D eigenvalue weighted by molar-refractivity contribution is -0.112. The van der Waals surface area contributed by atoms with Crippen LogP contribution in [0.4, 0.5) is 5.69 Å². The van der Waals surface area contributed by atoms with Gasteiger partial charge in [0, 0.05) is 11.1 Å². The molecule has 0 saturated heterocycles. The molecule has 1 N–H and O–H groups in total. The van der Waals surface area contributed by atoms with Gasteiger partial charge in [-0.15, -0.1) is 0 Å². The molecule has 0 radical (unpaired) electrons. The van der Waals surface area contributed by atoms with Gasteiger partial charge in [0.2, 0.25) is 0 Å². The van der Waals surface area contributed by atoms with E-state index in [9.17, 15) is 19.5 Å². The molecular weight excluding hydrogens is 394 g/mol. The lowest BCUT2D eigenvalue weighted by Crippen LogP contribution is -2.41. The van der Waals surface area contributed by atoms with Gasteiger partial charge in [-0.3, -0.25) is 9.59 Å². The molecule has 0 saturated carbocycles. The Morgan fingerprint density at radius 3 is 2.32 bits per heavy atom. The number of rotatable bonds is 4. The molecule has 3 aromatic carbocycles. The van der Waals surface area contributed by atoms with Crippen LogP contribution in [-0.2, 0) is 9.53 Å². The first-order valence-corrected chi connectivity index (χ1v) is 9.75. The van der Waals surface area contributed by atoms with E-state index in [4.69, 9.17) is 4.74 Å². The van der Waals surface area contributed by atoms with Crippen molar-refractivity contribution in [2.75, 3.05) is 11.5 Å². The predicted molar refractivity (Wildman–Crippen MR) is 117 cm³/mol. The fourth-order valence-corrected chi connectivity index (χ4v) is 3.47. The Morgan fingerprint density at radius 2 is 1.65 bits per heavy atom. The Labute approximate surface area is 179 Å². The first-order valence-electron chi connectivity index (χ1n) is 9.75. The van der Waals surface area contributed by atoms with E-state index in [0.29, 0.717) is 33.5 Å². The summed E-state index contributed by atoms with van der Waals surface area (Å²) in [4.78, 5) is 39.5. The molecule has 0 aromatic heterocycles. The van der Waals surface area contributed by atoms with Gasteiger partial charge in [0.15, 0.2) is 0 Å². The van der Waals surface area contributed by atoms with Crippen LogP contribution in [0.3, 0.4) is 0 Å². The summed E-state index contributed by atoms with van der Waals surface area (Å²) >= 11 is 0. The number of aromatic hydroxyl groups is 1. The molecule has 3 aromatic rings. The molecule has 31 heavy (non-hydrogen) atoms. The van der Waals surface area contributed by atoms with Gasteiger partial charge in [0.25, 0.3) is 11.8 Å². The van der Waals surface area contributed by atoms with Crippen molar-refractivity contribution < 1.29 is 24.2 Å². The summed E-state index contributed by atoms with van der Waals surface area (Å²) in [6, 6.07) is 19.5. The van der Waals surface area contributed by atoms with Crippen molar-refractivity contribution in [3.8, 4) is 5.75 Å². The van der Waals surface area contributed by atoms with Crippen molar-refractivity contribution in [1.29, 1.82) is 0 Å². The Balaban J connectivity index is 1.79. The van der Waals surface area contributed by atoms with E-state index in [1.54, 1.807) is 67.6 Å². The summed E-state index contributed by atoms with van der Waals surface area (Å²) in [6.45, 7) is 1.97. The number of amides is 2. The Morgan fingerprint density at radius 1 is 0.935 bits per heavy atom. The minimum atomic E-state index is -0.490. The number of carbonyl (C=O) groups is 3. The van der Waals surface area contributed by atoms with Gasteiger partial charge in [0.1, 0.15) is 5.75 Å². The molecule has 4 rings (SSSR count). The van der Waals surface area contributed by atoms with Crippen molar-refractivity contribution in [3.63, 3.8) is 0 Å². The molecule has 1 aliphatic heterocycles. The van der Waals surface area contributed by atoms with Gasteiger partial charge in [-0.2, -0.15) is 0 Å². The normalized spacial score (nSPS) is 14.5. The average Bonchev–Trinajstić information content (AvgIpc) is 2.77. The number of phenolic OH excluding ortho intramolecular Hbond substituents is 1. The van der Waals surface area contributed by atoms with Crippen LogP contribution < -0.4 is 4.90 Å². The molecule has 0 aliphatic carbocycles. The number of hydrogen-bond acceptors (Lipinski definition) is 5. The van der Waals surface area contributed by atoms with Crippen LogP contribution in [0.5, 0.6) is 5.75 Å². The number of nitrogens with zero attached hydrogens (tertiary/aromatic N) is 1. The van der Waals surface area contributed by atoms with Crippen LogP contribution >= 0.6 is 0 Å². The summed E-state index contributed by atoms with van der Waals surface area (Å²) in [5.41, 5.74) is 2.56. The molecule has 0 bridgehead atoms. The number of phenols is 1. The van der Waals surface area contributed by atoms with Crippen LogP contribution in [0, 0.1) is 0 Å². The maximum absolute atomic E-state index is 13.4. The number of ether oxygens (including phenoxy) is 1. The zero-order chi connectivity index (χ0) is 22.0. The highest BCUT2D eigenvalue weighted by Gasteiger charge is 2.35. The molecule has 1 aliphatic rings. The number of benzene rings is 3. The number of hydrogen-bond donors (Lipinski definition) is 1. The third kappa shape index (κ3) is 3.83. The molecule has 1 heterocycles. The van der Waals surface area contributed by atoms with Crippen molar-refractivity contribution in [1.82, 2.24) is 0 Å². The first kappa shape index (κ1) is 20.1. The smallest absolute Gasteiger partial charge is 0.338 e. The molecule has 6 heteroatoms. The molecule has 6 nitrogen and oxygen atoms in total. The summed E-state index contributed by atoms with van der Waals surface area (Å²) in [5.74, 6) is -1.33. The van der Waals surface area contributed by atoms with Gasteiger partial charge in [-0.1, -0.05) is 30.3 Å². The molecule has 0 fully saturated rings. The summed E-state index contributed by atoms with van der Waals surface area (Å²) < 4.78 is 4.98. The van der Waals surface area contributed by atoms with Crippen LogP contribution in [0.25, 0.3) is 11.6 Å². The Kier molecular flexibility index (Phi) is 5.37. The van der Waals surface area contributed by atoms with E-state index in [-0.39, 0.29) is 12.4 Å². The van der Waals surface area contributed by atoms with Crippen LogP contribution in [0.2, 0.25) is 0 Å². The largest absolute Gasteiger partial charge is 0.508 e. The minimum Gasteiger partial charge on any atom is -0.508 e. The Bertz CT molecular complexity index is 1210. The SMILES string of the molecule is CCOC(=O)c1ccc(N2C(=O)/C(=C\c3cccc(O)c3)c3ccccc3C2=O)cc1. The van der Waals surface area contributed by atoms with E-state index < -0.39 is 17.8 Å². The van der Waals surface area contributed by atoms with Crippen LogP contribution in [-0.4, -0.2) is 29.5 Å². The number of imide groups is 1. The molecule has 0 spiro atoms. The molecule has 0 unspecified atom stereocenters. The van der Waals surface area contributed by atoms with Crippen molar-refractivity contribution >= 4 is 35.1 Å². The molecule has 2 amide bonds. The monoisotopic (exact) mass is 413 g/mol. The second kappa shape index (κ2) is 8.28. The third-order valence-electron chi connectivity index (χ3n) is 4.90. The fraction of sp³-hybridized carbons (Fsp3) is 0.0800. The highest BCUT2D eigenvalue weighted by molar-refractivity contribution is 6.43. The van der Waals surface area contributed by atoms with Gasteiger partial charge in [-0.05, 0) is 66.6 Å². The Hall–Kier alpha value is -4.19. The average molecular weight is 413 g/mol. The van der Waals surface area contributed by atoms with Crippen molar-refractivity contribution in [2.45, 2.75) is 6.92 Å². The van der Waals surface area contributed by atoms with E-state index in [0.717, 1.165) is 4.90 Å². The van der Waals surface area contributed by atoms with Gasteiger partial charge in [0.05, 0.1) is 17.9 Å². The summed E-state index contributed by atoms with van der Waals surface area (Å²) in [5, 5.41) is 9.77. The number of fused-ring (bicyclic) bond motifs is 1. The van der Waals surface area contributed by atoms with Crippen LogP contribution in [0.1, 0.15) is 38.8 Å². The molecule has 154 valence electrons. The van der Waals surface area contributed by atoms with E-state index in [1.165, 1.54) is 18.2 Å². The van der Waals surface area contributed by atoms with Crippen LogP contribution in [0.15, 0.2) is 72.8 Å². The number of anilines is 1. The van der Waals surface area contributed by atoms with E-state index in [1.807, 2.05) is 0 Å². The van der Waals surface area contributed by atoms with E-state index in [2.05, 4.69) is 0 Å². The molecule has 0 atom stereocenters. The van der Waals surface area contributed by atoms with Gasteiger partial charge in [-0.25, -0.2) is 9.69 Å². The fourth-order valence-electron chi connectivity index (χ4n) is 3.47. The lowest BCUT2D eigenvalue weighted by atomic mass is 9.91. The zero-order valence-corrected chi connectivity index (χ0v) is 16.7.